The lowest BCUT2D eigenvalue weighted by atomic mass is 10.4. The van der Waals surface area contributed by atoms with Crippen LogP contribution >= 0.6 is 0 Å². The molecule has 10 nitrogen and oxygen atoms in total. The Morgan fingerprint density at radius 2 is 1.94 bits per heavy atom. The SMILES string of the molecule is CCCC.O=c1[nH]c(-c2nonc2[N+](=O)[O-])no1. The summed E-state index contributed by atoms with van der Waals surface area (Å²) >= 11 is 0. The molecule has 0 fully saturated rings. The standard InChI is InChI=1S/C4HN5O5.C4H10/c10-4-5-2(7-13-4)1-3(9(11)12)8-14-6-1;1-3-4-2/h(H,5,7,10);3-4H2,1-2H3. The van der Waals surface area contributed by atoms with E-state index in [1.54, 1.807) is 0 Å². The molecule has 0 saturated carbocycles. The maximum atomic E-state index is 10.5. The van der Waals surface area contributed by atoms with Gasteiger partial charge in [0.1, 0.15) is 0 Å². The van der Waals surface area contributed by atoms with Crippen molar-refractivity contribution in [1.82, 2.24) is 20.5 Å². The van der Waals surface area contributed by atoms with Gasteiger partial charge in [-0.2, -0.15) is 0 Å². The Kier molecular flexibility index (Phi) is 4.72. The molecule has 2 rings (SSSR count). The maximum Gasteiger partial charge on any atom is 0.446 e. The molecule has 98 valence electrons. The third-order valence-electron chi connectivity index (χ3n) is 1.81. The van der Waals surface area contributed by atoms with Crippen molar-refractivity contribution in [3.8, 4) is 11.5 Å². The molecule has 0 amide bonds. The summed E-state index contributed by atoms with van der Waals surface area (Å²) in [4.78, 5) is 22.1. The van der Waals surface area contributed by atoms with E-state index >= 15 is 0 Å². The molecule has 2 aromatic heterocycles. The van der Waals surface area contributed by atoms with Crippen molar-refractivity contribution in [3.63, 3.8) is 0 Å². The first-order chi connectivity index (χ1) is 8.60. The molecular weight excluding hydrogens is 246 g/mol. The van der Waals surface area contributed by atoms with E-state index in [-0.39, 0.29) is 11.5 Å². The molecule has 0 spiro atoms. The fourth-order valence-electron chi connectivity index (χ4n) is 0.785. The van der Waals surface area contributed by atoms with Crippen LogP contribution in [0.15, 0.2) is 13.9 Å². The highest BCUT2D eigenvalue weighted by atomic mass is 16.6. The van der Waals surface area contributed by atoms with Crippen LogP contribution in [0, 0.1) is 10.1 Å². The number of rotatable bonds is 3. The quantitative estimate of drug-likeness (QED) is 0.636. The van der Waals surface area contributed by atoms with E-state index in [0.717, 1.165) is 0 Å². The first kappa shape index (κ1) is 13.5. The summed E-state index contributed by atoms with van der Waals surface area (Å²) in [6, 6.07) is 0. The van der Waals surface area contributed by atoms with Gasteiger partial charge >= 0.3 is 11.6 Å². The summed E-state index contributed by atoms with van der Waals surface area (Å²) in [7, 11) is 0. The molecule has 0 aromatic carbocycles. The highest BCUT2D eigenvalue weighted by Crippen LogP contribution is 2.20. The number of nitrogens with zero attached hydrogens (tertiary/aromatic N) is 4. The number of aromatic amines is 1. The van der Waals surface area contributed by atoms with E-state index in [9.17, 15) is 14.9 Å². The molecule has 2 heterocycles. The molecule has 10 heteroatoms. The Morgan fingerprint density at radius 3 is 2.39 bits per heavy atom. The van der Waals surface area contributed by atoms with Crippen LogP contribution in [-0.4, -0.2) is 25.4 Å². The highest BCUT2D eigenvalue weighted by molar-refractivity contribution is 5.57. The summed E-state index contributed by atoms with van der Waals surface area (Å²) in [5.74, 6) is -1.70. The van der Waals surface area contributed by atoms with Crippen LogP contribution in [0.4, 0.5) is 5.82 Å². The Morgan fingerprint density at radius 1 is 1.28 bits per heavy atom. The average Bonchev–Trinajstić information content (AvgIpc) is 2.97. The van der Waals surface area contributed by atoms with Crippen molar-refractivity contribution >= 4 is 5.82 Å². The minimum absolute atomic E-state index is 0.206. The summed E-state index contributed by atoms with van der Waals surface area (Å²) in [5, 5.41) is 19.8. The number of hydrogen-bond acceptors (Lipinski definition) is 8. The van der Waals surface area contributed by atoms with Crippen LogP contribution in [0.25, 0.3) is 11.5 Å². The molecule has 0 saturated heterocycles. The van der Waals surface area contributed by atoms with Gasteiger partial charge in [0.2, 0.25) is 5.82 Å². The summed E-state index contributed by atoms with van der Waals surface area (Å²) < 4.78 is 8.26. The van der Waals surface area contributed by atoms with Crippen molar-refractivity contribution < 1.29 is 14.1 Å². The summed E-state index contributed by atoms with van der Waals surface area (Å²) in [6.45, 7) is 4.36. The van der Waals surface area contributed by atoms with Gasteiger partial charge in [0.05, 0.1) is 0 Å². The molecule has 0 atom stereocenters. The second-order valence-electron chi connectivity index (χ2n) is 3.14. The Balaban J connectivity index is 0.000000357. The van der Waals surface area contributed by atoms with Gasteiger partial charge in [0.25, 0.3) is 5.69 Å². The van der Waals surface area contributed by atoms with Gasteiger partial charge in [-0.1, -0.05) is 31.8 Å². The monoisotopic (exact) mass is 257 g/mol. The zero-order valence-electron chi connectivity index (χ0n) is 9.74. The number of hydrogen-bond donors (Lipinski definition) is 1. The smallest absolute Gasteiger partial charge is 0.358 e. The number of unbranched alkanes of at least 4 members (excludes halogenated alkanes) is 1. The zero-order valence-corrected chi connectivity index (χ0v) is 9.74. The van der Waals surface area contributed by atoms with Gasteiger partial charge in [-0.05, 0) is 10.1 Å². The van der Waals surface area contributed by atoms with Crippen LogP contribution in [0.3, 0.4) is 0 Å². The van der Waals surface area contributed by atoms with Crippen LogP contribution in [-0.2, 0) is 0 Å². The van der Waals surface area contributed by atoms with Crippen molar-refractivity contribution in [3.05, 3.63) is 20.7 Å². The highest BCUT2D eigenvalue weighted by Gasteiger charge is 2.26. The fraction of sp³-hybridized carbons (Fsp3) is 0.500. The lowest BCUT2D eigenvalue weighted by molar-refractivity contribution is -0.390. The van der Waals surface area contributed by atoms with Crippen LogP contribution < -0.4 is 5.76 Å². The fourth-order valence-corrected chi connectivity index (χ4v) is 0.785. The minimum atomic E-state index is -0.850. The number of H-pyrrole nitrogens is 1. The van der Waals surface area contributed by atoms with Gasteiger partial charge in [-0.3, -0.25) is 9.51 Å². The Bertz CT molecular complexity index is 554. The molecule has 0 aliphatic heterocycles. The molecule has 0 unspecified atom stereocenters. The average molecular weight is 257 g/mol. The predicted molar refractivity (Wildman–Crippen MR) is 57.7 cm³/mol. The second kappa shape index (κ2) is 6.27. The van der Waals surface area contributed by atoms with Crippen LogP contribution in [0.1, 0.15) is 26.7 Å². The van der Waals surface area contributed by atoms with Crippen LogP contribution in [0.2, 0.25) is 0 Å². The third-order valence-corrected chi connectivity index (χ3v) is 1.81. The molecule has 0 aliphatic rings. The topological polar surface area (TPSA) is 141 Å². The maximum absolute atomic E-state index is 10.5. The summed E-state index contributed by atoms with van der Waals surface area (Å²) in [6.07, 6.45) is 2.64. The normalized spacial score (nSPS) is 9.67. The van der Waals surface area contributed by atoms with E-state index in [1.165, 1.54) is 12.8 Å². The zero-order chi connectivity index (χ0) is 13.5. The van der Waals surface area contributed by atoms with Crippen molar-refractivity contribution in [2.75, 3.05) is 0 Å². The molecular formula is C8H11N5O5. The van der Waals surface area contributed by atoms with Gasteiger partial charge in [0.15, 0.2) is 5.16 Å². The molecule has 18 heavy (non-hydrogen) atoms. The molecule has 2 aromatic rings. The van der Waals surface area contributed by atoms with Crippen LogP contribution in [0.5, 0.6) is 0 Å². The predicted octanol–water partition coefficient (Wildman–Crippen LogP) is 1.13. The van der Waals surface area contributed by atoms with Gasteiger partial charge < -0.3 is 10.1 Å². The summed E-state index contributed by atoms with van der Waals surface area (Å²) in [5.41, 5.74) is -0.291. The van der Waals surface area contributed by atoms with E-state index in [4.69, 9.17) is 0 Å². The number of aromatic nitrogens is 4. The second-order valence-corrected chi connectivity index (χ2v) is 3.14. The van der Waals surface area contributed by atoms with E-state index in [0.29, 0.717) is 0 Å². The first-order valence-electron chi connectivity index (χ1n) is 5.13. The van der Waals surface area contributed by atoms with Gasteiger partial charge in [-0.15, -0.1) is 4.63 Å². The Labute approximate surface area is 100 Å². The van der Waals surface area contributed by atoms with E-state index in [1.807, 2.05) is 0 Å². The first-order valence-corrected chi connectivity index (χ1v) is 5.13. The minimum Gasteiger partial charge on any atom is -0.358 e. The van der Waals surface area contributed by atoms with E-state index in [2.05, 4.69) is 43.5 Å². The molecule has 1 N–H and O–H groups in total. The molecule has 0 aliphatic carbocycles. The largest absolute Gasteiger partial charge is 0.446 e. The Hall–Kier alpha value is -2.52. The van der Waals surface area contributed by atoms with Crippen molar-refractivity contribution in [2.45, 2.75) is 26.7 Å². The van der Waals surface area contributed by atoms with Gasteiger partial charge in [0, 0.05) is 0 Å². The number of nitro groups is 1. The molecule has 0 radical (unpaired) electrons. The van der Waals surface area contributed by atoms with Crippen molar-refractivity contribution in [2.24, 2.45) is 0 Å². The molecule has 0 bridgehead atoms. The van der Waals surface area contributed by atoms with Gasteiger partial charge in [-0.25, -0.2) is 4.79 Å². The van der Waals surface area contributed by atoms with E-state index < -0.39 is 16.5 Å². The van der Waals surface area contributed by atoms with Crippen molar-refractivity contribution in [1.29, 1.82) is 0 Å². The number of nitrogens with one attached hydrogen (secondary N) is 1. The lowest BCUT2D eigenvalue weighted by Crippen LogP contribution is -1.96. The third kappa shape index (κ3) is 3.23. The lowest BCUT2D eigenvalue weighted by Gasteiger charge is -1.85.